The third-order valence-corrected chi connectivity index (χ3v) is 16.9. The number of aliphatic hydroxyl groups is 3. The van der Waals surface area contributed by atoms with Gasteiger partial charge in [-0.2, -0.15) is 0 Å². The topological polar surface area (TPSA) is 231 Å². The third kappa shape index (κ3) is 6.83. The lowest BCUT2D eigenvalue weighted by molar-refractivity contribution is -0.170. The van der Waals surface area contributed by atoms with Gasteiger partial charge in [0.05, 0.1) is 17.8 Å². The van der Waals surface area contributed by atoms with Gasteiger partial charge in [-0.15, -0.1) is 0 Å². The van der Waals surface area contributed by atoms with Crippen LogP contribution in [0.3, 0.4) is 0 Å². The number of esters is 1. The highest BCUT2D eigenvalue weighted by Gasteiger charge is 2.57. The van der Waals surface area contributed by atoms with Crippen LogP contribution >= 0.6 is 0 Å². The number of carbonyl (C=O) groups is 1. The van der Waals surface area contributed by atoms with Crippen LogP contribution in [0.4, 0.5) is 11.6 Å². The van der Waals surface area contributed by atoms with Crippen LogP contribution in [0.15, 0.2) is 63.6 Å². The number of allylic oxidation sites excluding steroid dienone is 1. The number of nitrogen functional groups attached to an aromatic ring is 1. The fourth-order valence-electron chi connectivity index (χ4n) is 13.7. The number of hydrogen-bond acceptors (Lipinski definition) is 14. The van der Waals surface area contributed by atoms with Crippen LogP contribution in [-0.4, -0.2) is 71.4 Å². The van der Waals surface area contributed by atoms with Gasteiger partial charge >= 0.3 is 5.97 Å². The SMILES string of the molecule is C/C=C(\C(=O)O[C@@H]1Cc2c3c(c4oc(CO)cc(=O)c4c2O)[C@H]2c4ccnc(N)c4[C@@H](CCc4ccc(O)cc4[C@@H]2CO)[C@@H]2CCc4c(cnc5c4CC[C@H](C)N5)C[C@@H]2[C@]1(C)O3)C1(O)CCCC1. The number of aliphatic hydroxyl groups excluding tert-OH is 2. The number of anilines is 2. The minimum absolute atomic E-state index is 0.0147. The zero-order valence-electron chi connectivity index (χ0n) is 38.8. The quantitative estimate of drug-likeness (QED) is 0.0693. The summed E-state index contributed by atoms with van der Waals surface area (Å²) in [5.41, 5.74) is 11.2. The van der Waals surface area contributed by atoms with E-state index in [0.29, 0.717) is 55.5 Å². The molecule has 14 heteroatoms. The molecule has 8 N–H and O–H groups in total. The van der Waals surface area contributed by atoms with Gasteiger partial charge < -0.3 is 50.5 Å². The number of phenolic OH excluding ortho intramolecular Hbond substituents is 2. The Kier molecular flexibility index (Phi) is 10.9. The molecule has 68 heavy (non-hydrogen) atoms. The number of aromatic nitrogens is 2. The second kappa shape index (κ2) is 16.6. The molecule has 8 atom stereocenters. The zero-order valence-corrected chi connectivity index (χ0v) is 38.8. The molecule has 0 amide bonds. The number of carbonyl (C=O) groups excluding carboxylic acids is 1. The first-order valence-electron chi connectivity index (χ1n) is 24.4. The standard InChI is InChI=1S/C54H60N4O10/c1-4-39(54(65)16-5-6-17-54)52(64)67-42-22-37-47(63)45-41(62)21-30(24-59)66-49(45)46-43-35-15-18-56-50(55)44(35)33(12-9-27-8-10-29(61)20-36(27)38(43)25-60)32-14-13-31-28(19-40(32)53(42,3)68-48(37)46)23-57-51-34(31)11-7-26(2)58-51/h4,8,10,15,18,20-21,23,26,32-33,38,40,42-43,59-61,63,65H,5-7,9,11-14,16-17,19,22,24-25H2,1-3H3,(H2,55,56)(H,57,58)/b39-4+/t26-,32-,33-,38-,40-,42+,43-,53-/m0/s1. The van der Waals surface area contributed by atoms with Crippen molar-refractivity contribution in [2.75, 3.05) is 17.7 Å². The summed E-state index contributed by atoms with van der Waals surface area (Å²) in [6, 6.07) is 8.59. The maximum Gasteiger partial charge on any atom is 0.337 e. The maximum absolute atomic E-state index is 14.8. The molecule has 4 bridgehead atoms. The van der Waals surface area contributed by atoms with Crippen molar-refractivity contribution in [1.29, 1.82) is 0 Å². The van der Waals surface area contributed by atoms with Gasteiger partial charge in [-0.05, 0) is 142 Å². The van der Waals surface area contributed by atoms with E-state index in [0.717, 1.165) is 66.2 Å². The van der Waals surface area contributed by atoms with E-state index in [2.05, 4.69) is 12.2 Å². The number of phenols is 2. The van der Waals surface area contributed by atoms with Crippen LogP contribution < -0.4 is 21.2 Å². The number of aromatic hydroxyl groups is 2. The first kappa shape index (κ1) is 44.5. The molecule has 5 aromatic rings. The Morgan fingerprint density at radius 2 is 1.76 bits per heavy atom. The van der Waals surface area contributed by atoms with E-state index in [1.807, 2.05) is 25.3 Å². The monoisotopic (exact) mass is 924 g/mol. The van der Waals surface area contributed by atoms with Crippen molar-refractivity contribution in [3.05, 3.63) is 120 Å². The van der Waals surface area contributed by atoms with Crippen molar-refractivity contribution in [1.82, 2.24) is 9.97 Å². The average Bonchev–Trinajstić information content (AvgIpc) is 3.68. The maximum atomic E-state index is 14.8. The van der Waals surface area contributed by atoms with E-state index in [9.17, 15) is 35.1 Å². The van der Waals surface area contributed by atoms with Crippen molar-refractivity contribution in [2.45, 2.75) is 146 Å². The Balaban J connectivity index is 1.25. The van der Waals surface area contributed by atoms with E-state index >= 15 is 0 Å². The smallest absolute Gasteiger partial charge is 0.337 e. The molecule has 0 saturated heterocycles. The summed E-state index contributed by atoms with van der Waals surface area (Å²) in [4.78, 5) is 39.0. The lowest BCUT2D eigenvalue weighted by Gasteiger charge is -2.51. The van der Waals surface area contributed by atoms with Crippen LogP contribution in [-0.2, 0) is 48.2 Å². The highest BCUT2D eigenvalue weighted by molar-refractivity contribution is 5.93. The third-order valence-electron chi connectivity index (χ3n) is 16.9. The highest BCUT2D eigenvalue weighted by atomic mass is 16.6. The fraction of sp³-hybridized carbons (Fsp3) is 0.481. The summed E-state index contributed by atoms with van der Waals surface area (Å²) in [5, 5.41) is 61.4. The number of rotatable bonds is 5. The van der Waals surface area contributed by atoms with Crippen molar-refractivity contribution < 1.29 is 44.2 Å². The molecule has 6 heterocycles. The number of ether oxygens (including phenoxy) is 2. The zero-order chi connectivity index (χ0) is 47.4. The van der Waals surface area contributed by atoms with Gasteiger partial charge in [0.1, 0.15) is 63.9 Å². The first-order chi connectivity index (χ1) is 32.8. The molecule has 11 rings (SSSR count). The second-order valence-corrected chi connectivity index (χ2v) is 20.5. The number of fused-ring (bicyclic) bond motifs is 11. The summed E-state index contributed by atoms with van der Waals surface area (Å²) < 4.78 is 21.0. The Morgan fingerprint density at radius 1 is 0.971 bits per heavy atom. The molecule has 6 aliphatic rings. The van der Waals surface area contributed by atoms with Crippen LogP contribution in [0.1, 0.15) is 139 Å². The molecule has 14 nitrogen and oxygen atoms in total. The van der Waals surface area contributed by atoms with Crippen LogP contribution in [0, 0.1) is 11.8 Å². The van der Waals surface area contributed by atoms with Gasteiger partial charge in [0, 0.05) is 65.4 Å². The second-order valence-electron chi connectivity index (χ2n) is 20.5. The van der Waals surface area contributed by atoms with E-state index in [-0.39, 0.29) is 63.7 Å². The molecule has 356 valence electrons. The van der Waals surface area contributed by atoms with Crippen molar-refractivity contribution >= 4 is 28.6 Å². The van der Waals surface area contributed by atoms with Gasteiger partial charge in [-0.3, -0.25) is 4.79 Å². The Morgan fingerprint density at radius 3 is 2.53 bits per heavy atom. The Labute approximate surface area is 394 Å². The number of pyridine rings is 2. The lowest BCUT2D eigenvalue weighted by atomic mass is 9.62. The van der Waals surface area contributed by atoms with Gasteiger partial charge in [-0.1, -0.05) is 25.0 Å². The molecule has 0 unspecified atom stereocenters. The largest absolute Gasteiger partial charge is 0.508 e. The van der Waals surface area contributed by atoms with Crippen molar-refractivity contribution in [3.8, 4) is 17.2 Å². The number of aryl methyl sites for hydroxylation is 1. The van der Waals surface area contributed by atoms with E-state index in [4.69, 9.17) is 29.6 Å². The minimum Gasteiger partial charge on any atom is -0.508 e. The van der Waals surface area contributed by atoms with Gasteiger partial charge in [0.2, 0.25) is 0 Å². The van der Waals surface area contributed by atoms with Gasteiger partial charge in [-0.25, -0.2) is 14.8 Å². The summed E-state index contributed by atoms with van der Waals surface area (Å²) in [5.74, 6) is -2.31. The molecule has 1 fully saturated rings. The van der Waals surface area contributed by atoms with Crippen LogP contribution in [0.5, 0.6) is 17.2 Å². The predicted octanol–water partition coefficient (Wildman–Crippen LogP) is 7.04. The summed E-state index contributed by atoms with van der Waals surface area (Å²) in [7, 11) is 0. The van der Waals surface area contributed by atoms with E-state index in [1.54, 1.807) is 31.3 Å². The number of nitrogens with two attached hydrogens (primary N) is 1. The molecule has 3 aliphatic carbocycles. The average molecular weight is 925 g/mol. The van der Waals surface area contributed by atoms with Crippen LogP contribution in [0.2, 0.25) is 0 Å². The number of nitrogens with one attached hydrogen (secondary N) is 1. The minimum atomic E-state index is -1.37. The molecule has 3 aromatic heterocycles. The van der Waals surface area contributed by atoms with Crippen molar-refractivity contribution in [3.63, 3.8) is 0 Å². The highest BCUT2D eigenvalue weighted by Crippen LogP contribution is 2.60. The van der Waals surface area contributed by atoms with E-state index < -0.39 is 65.4 Å². The molecule has 0 radical (unpaired) electrons. The summed E-state index contributed by atoms with van der Waals surface area (Å²) in [6.45, 7) is 4.84. The first-order valence-corrected chi connectivity index (χ1v) is 24.4. The normalized spacial score (nSPS) is 27.9. The molecule has 2 aromatic carbocycles. The Bertz CT molecular complexity index is 2980. The van der Waals surface area contributed by atoms with E-state index in [1.165, 1.54) is 11.1 Å². The van der Waals surface area contributed by atoms with Crippen LogP contribution in [0.25, 0.3) is 11.0 Å². The predicted molar refractivity (Wildman–Crippen MR) is 254 cm³/mol. The molecule has 3 aliphatic heterocycles. The molecule has 1 saturated carbocycles. The molecular weight excluding hydrogens is 865 g/mol. The summed E-state index contributed by atoms with van der Waals surface area (Å²) in [6.07, 6.45) is 11.3. The van der Waals surface area contributed by atoms with Crippen molar-refractivity contribution in [2.24, 2.45) is 11.8 Å². The number of hydrogen-bond donors (Lipinski definition) is 7. The van der Waals surface area contributed by atoms with Gasteiger partial charge in [0.25, 0.3) is 0 Å². The molecular formula is C54H60N4O10. The number of nitrogens with zero attached hydrogens (tertiary/aromatic N) is 2. The fourth-order valence-corrected chi connectivity index (χ4v) is 13.7. The summed E-state index contributed by atoms with van der Waals surface area (Å²) >= 11 is 0. The van der Waals surface area contributed by atoms with Gasteiger partial charge in [0.15, 0.2) is 5.43 Å². The lowest BCUT2D eigenvalue weighted by Crippen LogP contribution is -2.59. The number of benzene rings is 2. The Hall–Kier alpha value is -5.96. The molecule has 0 spiro atoms.